The third kappa shape index (κ3) is 1.87. The van der Waals surface area contributed by atoms with E-state index >= 15 is 0 Å². The van der Waals surface area contributed by atoms with Gasteiger partial charge < -0.3 is 0 Å². The zero-order chi connectivity index (χ0) is 8.43. The molecule has 0 amide bonds. The summed E-state index contributed by atoms with van der Waals surface area (Å²) in [6.45, 7) is 3.36. The van der Waals surface area contributed by atoms with E-state index in [0.29, 0.717) is 5.56 Å². The van der Waals surface area contributed by atoms with Crippen LogP contribution in [0.4, 0.5) is 0 Å². The summed E-state index contributed by atoms with van der Waals surface area (Å²) in [7, 11) is 0. The molecule has 0 spiro atoms. The molecule has 0 bridgehead atoms. The Morgan fingerprint density at radius 2 is 2.18 bits per heavy atom. The molecule has 1 rings (SSSR count). The molecule has 0 N–H and O–H groups in total. The molecule has 1 aromatic heterocycles. The van der Waals surface area contributed by atoms with Crippen LogP contribution in [0.3, 0.4) is 0 Å². The minimum atomic E-state index is 0.0579. The van der Waals surface area contributed by atoms with Crippen molar-refractivity contribution >= 4 is 21.7 Å². The summed E-state index contributed by atoms with van der Waals surface area (Å²) in [5.74, 6) is 0.0579. The van der Waals surface area contributed by atoms with Crippen molar-refractivity contribution in [2.75, 3.05) is 0 Å². The number of pyridine rings is 1. The second-order valence-corrected chi connectivity index (χ2v) is 3.14. The molecule has 0 aromatic carbocycles. The highest BCUT2D eigenvalue weighted by Crippen LogP contribution is 2.11. The van der Waals surface area contributed by atoms with E-state index in [0.717, 1.165) is 10.3 Å². The first-order valence-electron chi connectivity index (χ1n) is 3.25. The number of hydrogen-bond donors (Lipinski definition) is 0. The zero-order valence-electron chi connectivity index (χ0n) is 6.39. The summed E-state index contributed by atoms with van der Waals surface area (Å²) in [6.07, 6.45) is 0. The Morgan fingerprint density at radius 3 is 2.64 bits per heavy atom. The van der Waals surface area contributed by atoms with Crippen LogP contribution in [0.2, 0.25) is 0 Å². The van der Waals surface area contributed by atoms with Gasteiger partial charge in [-0.1, -0.05) is 0 Å². The quantitative estimate of drug-likeness (QED) is 0.530. The standard InChI is InChI=1S/C8H8BrNO/c1-5-7(6(2)11)3-4-8(9)10-5/h3-4H,1-2H3. The van der Waals surface area contributed by atoms with Gasteiger partial charge in [0.25, 0.3) is 0 Å². The van der Waals surface area contributed by atoms with E-state index < -0.39 is 0 Å². The number of carbonyl (C=O) groups is 1. The van der Waals surface area contributed by atoms with E-state index in [1.165, 1.54) is 6.92 Å². The number of aryl methyl sites for hydroxylation is 1. The minimum Gasteiger partial charge on any atom is -0.294 e. The topological polar surface area (TPSA) is 30.0 Å². The van der Waals surface area contributed by atoms with Crippen molar-refractivity contribution in [1.82, 2.24) is 4.98 Å². The largest absolute Gasteiger partial charge is 0.294 e. The third-order valence-corrected chi connectivity index (χ3v) is 1.87. The monoisotopic (exact) mass is 213 g/mol. The summed E-state index contributed by atoms with van der Waals surface area (Å²) < 4.78 is 0.764. The fraction of sp³-hybridized carbons (Fsp3) is 0.250. The maximum Gasteiger partial charge on any atom is 0.161 e. The number of Topliss-reactive ketones (excluding diaryl/α,β-unsaturated/α-hetero) is 1. The molecule has 0 radical (unpaired) electrons. The summed E-state index contributed by atoms with van der Waals surface area (Å²) in [5.41, 5.74) is 1.46. The Hall–Kier alpha value is -0.700. The molecule has 1 aromatic rings. The van der Waals surface area contributed by atoms with E-state index in [-0.39, 0.29) is 5.78 Å². The Morgan fingerprint density at radius 1 is 1.55 bits per heavy atom. The Labute approximate surface area is 73.8 Å². The van der Waals surface area contributed by atoms with Gasteiger partial charge in [-0.25, -0.2) is 4.98 Å². The lowest BCUT2D eigenvalue weighted by atomic mass is 10.1. The number of halogens is 1. The second kappa shape index (κ2) is 3.13. The van der Waals surface area contributed by atoms with Crippen molar-refractivity contribution in [2.45, 2.75) is 13.8 Å². The lowest BCUT2D eigenvalue weighted by Gasteiger charge is -1.99. The van der Waals surface area contributed by atoms with E-state index in [1.54, 1.807) is 12.1 Å². The van der Waals surface area contributed by atoms with Crippen LogP contribution in [0.15, 0.2) is 16.7 Å². The number of rotatable bonds is 1. The van der Waals surface area contributed by atoms with Gasteiger partial charge in [-0.3, -0.25) is 4.79 Å². The van der Waals surface area contributed by atoms with Gasteiger partial charge >= 0.3 is 0 Å². The second-order valence-electron chi connectivity index (χ2n) is 2.32. The number of nitrogens with zero attached hydrogens (tertiary/aromatic N) is 1. The number of ketones is 1. The molecule has 0 aliphatic carbocycles. The Balaban J connectivity index is 3.20. The Kier molecular flexibility index (Phi) is 2.39. The van der Waals surface area contributed by atoms with E-state index in [9.17, 15) is 4.79 Å². The first-order valence-corrected chi connectivity index (χ1v) is 4.04. The van der Waals surface area contributed by atoms with Gasteiger partial charge in [-0.05, 0) is 41.9 Å². The fourth-order valence-corrected chi connectivity index (χ4v) is 1.30. The molecule has 0 aliphatic rings. The minimum absolute atomic E-state index is 0.0579. The highest BCUT2D eigenvalue weighted by molar-refractivity contribution is 9.10. The molecule has 1 heterocycles. The molecule has 0 atom stereocenters. The molecule has 58 valence electrons. The molecule has 0 saturated heterocycles. The number of aromatic nitrogens is 1. The molecule has 0 aliphatic heterocycles. The molecule has 0 saturated carbocycles. The van der Waals surface area contributed by atoms with E-state index in [1.807, 2.05) is 6.92 Å². The van der Waals surface area contributed by atoms with Crippen LogP contribution in [0.1, 0.15) is 23.0 Å². The molecule has 11 heavy (non-hydrogen) atoms. The van der Waals surface area contributed by atoms with Crippen LogP contribution in [-0.4, -0.2) is 10.8 Å². The first kappa shape index (κ1) is 8.40. The summed E-state index contributed by atoms with van der Waals surface area (Å²) in [6, 6.07) is 3.54. The van der Waals surface area contributed by atoms with E-state index in [2.05, 4.69) is 20.9 Å². The molecule has 3 heteroatoms. The van der Waals surface area contributed by atoms with Gasteiger partial charge in [0.15, 0.2) is 5.78 Å². The normalized spacial score (nSPS) is 9.73. The van der Waals surface area contributed by atoms with Crippen LogP contribution in [0, 0.1) is 6.92 Å². The molecule has 0 unspecified atom stereocenters. The summed E-state index contributed by atoms with van der Waals surface area (Å²) in [4.78, 5) is 15.0. The van der Waals surface area contributed by atoms with Crippen LogP contribution < -0.4 is 0 Å². The summed E-state index contributed by atoms with van der Waals surface area (Å²) >= 11 is 3.22. The average molecular weight is 214 g/mol. The van der Waals surface area contributed by atoms with E-state index in [4.69, 9.17) is 0 Å². The highest BCUT2D eigenvalue weighted by Gasteiger charge is 2.03. The Bertz CT molecular complexity index is 296. The fourth-order valence-electron chi connectivity index (χ4n) is 0.903. The van der Waals surface area contributed by atoms with Gasteiger partial charge in [0.05, 0.1) is 0 Å². The van der Waals surface area contributed by atoms with Gasteiger partial charge in [-0.2, -0.15) is 0 Å². The maximum absolute atomic E-state index is 10.9. The molecular formula is C8H8BrNO. The number of carbonyl (C=O) groups excluding carboxylic acids is 1. The highest BCUT2D eigenvalue weighted by atomic mass is 79.9. The first-order chi connectivity index (χ1) is 5.11. The van der Waals surface area contributed by atoms with Gasteiger partial charge in [0.2, 0.25) is 0 Å². The van der Waals surface area contributed by atoms with Crippen molar-refractivity contribution in [3.8, 4) is 0 Å². The average Bonchev–Trinajstić information content (AvgIpc) is 1.85. The van der Waals surface area contributed by atoms with Crippen molar-refractivity contribution in [2.24, 2.45) is 0 Å². The van der Waals surface area contributed by atoms with Crippen LogP contribution in [-0.2, 0) is 0 Å². The smallest absolute Gasteiger partial charge is 0.161 e. The predicted octanol–water partition coefficient (Wildman–Crippen LogP) is 2.36. The van der Waals surface area contributed by atoms with Crippen molar-refractivity contribution in [3.05, 3.63) is 28.0 Å². The van der Waals surface area contributed by atoms with Gasteiger partial charge in [0.1, 0.15) is 4.60 Å². The zero-order valence-corrected chi connectivity index (χ0v) is 7.97. The molecule has 2 nitrogen and oxygen atoms in total. The SMILES string of the molecule is CC(=O)c1ccc(Br)nc1C. The van der Waals surface area contributed by atoms with Crippen LogP contribution in [0.5, 0.6) is 0 Å². The van der Waals surface area contributed by atoms with Gasteiger partial charge in [0, 0.05) is 11.3 Å². The molecular weight excluding hydrogens is 206 g/mol. The van der Waals surface area contributed by atoms with Crippen molar-refractivity contribution in [1.29, 1.82) is 0 Å². The summed E-state index contributed by atoms with van der Waals surface area (Å²) in [5, 5.41) is 0. The van der Waals surface area contributed by atoms with Crippen LogP contribution in [0.25, 0.3) is 0 Å². The lowest BCUT2D eigenvalue weighted by molar-refractivity contribution is 0.101. The lowest BCUT2D eigenvalue weighted by Crippen LogP contribution is -1.97. The van der Waals surface area contributed by atoms with Gasteiger partial charge in [-0.15, -0.1) is 0 Å². The predicted molar refractivity (Wildman–Crippen MR) is 46.7 cm³/mol. The number of hydrogen-bond acceptors (Lipinski definition) is 2. The maximum atomic E-state index is 10.9. The van der Waals surface area contributed by atoms with Crippen molar-refractivity contribution in [3.63, 3.8) is 0 Å². The van der Waals surface area contributed by atoms with Crippen LogP contribution >= 0.6 is 15.9 Å². The van der Waals surface area contributed by atoms with Crippen molar-refractivity contribution < 1.29 is 4.79 Å². The third-order valence-electron chi connectivity index (χ3n) is 1.43. The molecule has 0 fully saturated rings.